The largest absolute Gasteiger partial charge is 0.352 e. The number of hydrogen-bond acceptors (Lipinski definition) is 5. The second-order valence-corrected chi connectivity index (χ2v) is 10.6. The molecule has 1 aliphatic heterocycles. The van der Waals surface area contributed by atoms with Gasteiger partial charge in [0.25, 0.3) is 15.9 Å². The molecule has 9 heteroatoms. The van der Waals surface area contributed by atoms with Crippen LogP contribution < -0.4 is 5.32 Å². The summed E-state index contributed by atoms with van der Waals surface area (Å²) in [6.07, 6.45) is 0.165. The molecule has 0 unspecified atom stereocenters. The van der Waals surface area contributed by atoms with Crippen LogP contribution in [-0.4, -0.2) is 54.0 Å². The van der Waals surface area contributed by atoms with Crippen molar-refractivity contribution in [3.63, 3.8) is 0 Å². The van der Waals surface area contributed by atoms with Crippen molar-refractivity contribution in [2.24, 2.45) is 0 Å². The number of hydrogen-bond donors (Lipinski definition) is 1. The van der Waals surface area contributed by atoms with Gasteiger partial charge >= 0.3 is 0 Å². The monoisotopic (exact) mass is 485 g/mol. The van der Waals surface area contributed by atoms with Crippen molar-refractivity contribution in [2.45, 2.75) is 64.1 Å². The molecule has 1 N–H and O–H groups in total. The first-order chi connectivity index (χ1) is 16.1. The Labute approximate surface area is 201 Å². The van der Waals surface area contributed by atoms with Gasteiger partial charge in [-0.15, -0.1) is 0 Å². The van der Waals surface area contributed by atoms with Crippen molar-refractivity contribution in [3.8, 4) is 0 Å². The summed E-state index contributed by atoms with van der Waals surface area (Å²) in [5.41, 5.74) is 1.99. The number of carbonyl (C=O) groups excluding carboxylic acids is 3. The number of rotatable bonds is 9. The van der Waals surface area contributed by atoms with Crippen LogP contribution in [0.5, 0.6) is 0 Å². The van der Waals surface area contributed by atoms with Crippen molar-refractivity contribution in [1.82, 2.24) is 14.5 Å². The van der Waals surface area contributed by atoms with E-state index >= 15 is 0 Å². The van der Waals surface area contributed by atoms with E-state index in [0.717, 1.165) is 15.4 Å². The van der Waals surface area contributed by atoms with Crippen molar-refractivity contribution in [3.05, 3.63) is 65.2 Å². The van der Waals surface area contributed by atoms with Crippen molar-refractivity contribution >= 4 is 27.7 Å². The summed E-state index contributed by atoms with van der Waals surface area (Å²) in [4.78, 5) is 40.4. The molecule has 182 valence electrons. The Balaban J connectivity index is 1.83. The van der Waals surface area contributed by atoms with E-state index < -0.39 is 27.9 Å². The molecule has 0 bridgehead atoms. The van der Waals surface area contributed by atoms with Gasteiger partial charge in [-0.3, -0.25) is 14.4 Å². The van der Waals surface area contributed by atoms with E-state index in [4.69, 9.17) is 0 Å². The second-order valence-electron chi connectivity index (χ2n) is 8.73. The van der Waals surface area contributed by atoms with Crippen LogP contribution in [-0.2, 0) is 26.2 Å². The van der Waals surface area contributed by atoms with Gasteiger partial charge < -0.3 is 10.2 Å². The number of sulfonamides is 1. The Kier molecular flexibility index (Phi) is 7.76. The quantitative estimate of drug-likeness (QED) is 0.588. The van der Waals surface area contributed by atoms with Gasteiger partial charge in [0, 0.05) is 25.6 Å². The number of amides is 3. The molecule has 1 aliphatic rings. The smallest absolute Gasteiger partial charge is 0.269 e. The fourth-order valence-corrected chi connectivity index (χ4v) is 5.67. The number of aryl methyl sites for hydroxylation is 1. The Bertz CT molecular complexity index is 1190. The lowest BCUT2D eigenvalue weighted by Gasteiger charge is -2.31. The van der Waals surface area contributed by atoms with Crippen molar-refractivity contribution in [1.29, 1.82) is 0 Å². The maximum absolute atomic E-state index is 13.4. The van der Waals surface area contributed by atoms with Crippen LogP contribution in [0.1, 0.15) is 55.1 Å². The third-order valence-electron chi connectivity index (χ3n) is 5.69. The summed E-state index contributed by atoms with van der Waals surface area (Å²) in [7, 11) is -4.01. The van der Waals surface area contributed by atoms with E-state index in [0.29, 0.717) is 6.42 Å². The predicted molar refractivity (Wildman–Crippen MR) is 128 cm³/mol. The third-order valence-corrected chi connectivity index (χ3v) is 7.53. The SMILES string of the molecule is CC[C@H](C(=O)NC(C)C)N(Cc1cccc(C)c1)C(=O)CCN1C(=O)c2ccccc2S1(=O)=O. The molecule has 3 amide bonds. The first-order valence-electron chi connectivity index (χ1n) is 11.4. The molecule has 1 atom stereocenters. The lowest BCUT2D eigenvalue weighted by molar-refractivity contribution is -0.141. The summed E-state index contributed by atoms with van der Waals surface area (Å²) in [5.74, 6) is -1.31. The second kappa shape index (κ2) is 10.4. The highest BCUT2D eigenvalue weighted by Gasteiger charge is 2.41. The Morgan fingerprint density at radius 2 is 1.79 bits per heavy atom. The van der Waals surface area contributed by atoms with Gasteiger partial charge in [0.1, 0.15) is 10.9 Å². The van der Waals surface area contributed by atoms with Crippen LogP contribution in [0.15, 0.2) is 53.4 Å². The molecule has 0 fully saturated rings. The van der Waals surface area contributed by atoms with Crippen LogP contribution in [0.25, 0.3) is 0 Å². The molecule has 0 saturated heterocycles. The molecule has 0 aliphatic carbocycles. The van der Waals surface area contributed by atoms with Crippen LogP contribution in [0.4, 0.5) is 0 Å². The number of carbonyl (C=O) groups is 3. The zero-order chi connectivity index (χ0) is 25.0. The number of nitrogens with one attached hydrogen (secondary N) is 1. The highest BCUT2D eigenvalue weighted by Crippen LogP contribution is 2.30. The minimum Gasteiger partial charge on any atom is -0.352 e. The lowest BCUT2D eigenvalue weighted by atomic mass is 10.1. The van der Waals surface area contributed by atoms with Crippen LogP contribution >= 0.6 is 0 Å². The molecule has 0 aromatic heterocycles. The van der Waals surface area contributed by atoms with Gasteiger partial charge in [-0.1, -0.05) is 48.9 Å². The van der Waals surface area contributed by atoms with E-state index in [1.54, 1.807) is 12.1 Å². The molecule has 34 heavy (non-hydrogen) atoms. The van der Waals surface area contributed by atoms with Crippen LogP contribution in [0.2, 0.25) is 0 Å². The summed E-state index contributed by atoms with van der Waals surface area (Å²) in [6, 6.07) is 12.8. The molecular weight excluding hydrogens is 454 g/mol. The van der Waals surface area contributed by atoms with E-state index in [2.05, 4.69) is 5.32 Å². The third kappa shape index (κ3) is 5.30. The summed E-state index contributed by atoms with van der Waals surface area (Å²) in [5, 5.41) is 2.86. The number of fused-ring (bicyclic) bond motifs is 1. The maximum atomic E-state index is 13.4. The molecule has 0 saturated carbocycles. The van der Waals surface area contributed by atoms with Crippen molar-refractivity contribution in [2.75, 3.05) is 6.54 Å². The fourth-order valence-electron chi connectivity index (χ4n) is 4.10. The first-order valence-corrected chi connectivity index (χ1v) is 12.8. The molecule has 0 spiro atoms. The summed E-state index contributed by atoms with van der Waals surface area (Å²) < 4.78 is 26.4. The van der Waals surface area contributed by atoms with E-state index in [-0.39, 0.29) is 41.9 Å². The fraction of sp³-hybridized carbons (Fsp3) is 0.400. The maximum Gasteiger partial charge on any atom is 0.269 e. The Morgan fingerprint density at radius 3 is 2.41 bits per heavy atom. The molecule has 0 radical (unpaired) electrons. The molecule has 2 aromatic carbocycles. The van der Waals surface area contributed by atoms with E-state index in [1.807, 2.05) is 52.0 Å². The average molecular weight is 486 g/mol. The zero-order valence-electron chi connectivity index (χ0n) is 19.9. The Hall–Kier alpha value is -3.20. The molecule has 3 rings (SSSR count). The number of nitrogens with zero attached hydrogens (tertiary/aromatic N) is 2. The standard InChI is InChI=1S/C25H31N3O5S/c1-5-21(24(30)26-17(2)3)27(16-19-10-8-9-18(4)15-19)23(29)13-14-28-25(31)20-11-6-7-12-22(20)34(28,32)33/h6-12,15,17,21H,5,13-14,16H2,1-4H3,(H,26,30)/t21-/m1/s1. The summed E-state index contributed by atoms with van der Waals surface area (Å²) >= 11 is 0. The van der Waals surface area contributed by atoms with E-state index in [1.165, 1.54) is 17.0 Å². The molecule has 1 heterocycles. The van der Waals surface area contributed by atoms with Crippen LogP contribution in [0.3, 0.4) is 0 Å². The Morgan fingerprint density at radius 1 is 1.09 bits per heavy atom. The van der Waals surface area contributed by atoms with Gasteiger partial charge in [-0.05, 0) is 44.9 Å². The van der Waals surface area contributed by atoms with Gasteiger partial charge in [0.05, 0.1) is 5.56 Å². The minimum atomic E-state index is -4.01. The van der Waals surface area contributed by atoms with Crippen LogP contribution in [0, 0.1) is 6.92 Å². The highest BCUT2D eigenvalue weighted by atomic mass is 32.2. The zero-order valence-corrected chi connectivity index (χ0v) is 20.8. The van der Waals surface area contributed by atoms with Gasteiger partial charge in [0.15, 0.2) is 0 Å². The molecule has 2 aromatic rings. The highest BCUT2D eigenvalue weighted by molar-refractivity contribution is 7.90. The normalized spacial score (nSPS) is 15.2. The van der Waals surface area contributed by atoms with Gasteiger partial charge in [0.2, 0.25) is 11.8 Å². The molecule has 8 nitrogen and oxygen atoms in total. The first kappa shape index (κ1) is 25.4. The minimum absolute atomic E-state index is 0.0492. The predicted octanol–water partition coefficient (Wildman–Crippen LogP) is 2.86. The van der Waals surface area contributed by atoms with Gasteiger partial charge in [-0.2, -0.15) is 0 Å². The summed E-state index contributed by atoms with van der Waals surface area (Å²) in [6.45, 7) is 7.37. The lowest BCUT2D eigenvalue weighted by Crippen LogP contribution is -2.51. The van der Waals surface area contributed by atoms with E-state index in [9.17, 15) is 22.8 Å². The molecular formula is C25H31N3O5S. The number of benzene rings is 2. The average Bonchev–Trinajstić information content (AvgIpc) is 2.97. The van der Waals surface area contributed by atoms with Gasteiger partial charge in [-0.25, -0.2) is 12.7 Å². The van der Waals surface area contributed by atoms with Crippen molar-refractivity contribution < 1.29 is 22.8 Å². The topological polar surface area (TPSA) is 104 Å².